The molecule has 1 aromatic carbocycles. The van der Waals surface area contributed by atoms with Crippen LogP contribution in [-0.2, 0) is 30.5 Å². The summed E-state index contributed by atoms with van der Waals surface area (Å²) in [6.45, 7) is 6.04. The lowest BCUT2D eigenvalue weighted by molar-refractivity contribution is -0.141. The van der Waals surface area contributed by atoms with Crippen LogP contribution >= 0.6 is 0 Å². The summed E-state index contributed by atoms with van der Waals surface area (Å²) in [5.74, 6) is -3.65. The molecule has 0 spiro atoms. The van der Waals surface area contributed by atoms with Crippen molar-refractivity contribution in [3.8, 4) is 0 Å². The SMILES string of the molecule is CCC(C)C(CC(=O)[C@H](CC1CCCCC1)NC(=O)C(=O)CC(N)=O)C(=O)NCc1cccc(C(=O)N2CCC(CN)CC2)c1. The number of Topliss-reactive ketones (excluding diaryl/α,β-unsaturated/α-hetero) is 2. The minimum absolute atomic E-state index is 0.0397. The Morgan fingerprint density at radius 2 is 1.67 bits per heavy atom. The van der Waals surface area contributed by atoms with Crippen LogP contribution in [0.5, 0.6) is 0 Å². The van der Waals surface area contributed by atoms with Gasteiger partial charge in [-0.1, -0.05) is 64.5 Å². The zero-order chi connectivity index (χ0) is 32.9. The first-order chi connectivity index (χ1) is 21.5. The van der Waals surface area contributed by atoms with Gasteiger partial charge in [0.25, 0.3) is 11.8 Å². The molecule has 45 heavy (non-hydrogen) atoms. The fraction of sp³-hybridized carbons (Fsp3) is 0.647. The second-order valence-corrected chi connectivity index (χ2v) is 12.9. The summed E-state index contributed by atoms with van der Waals surface area (Å²) >= 11 is 0. The first-order valence-electron chi connectivity index (χ1n) is 16.5. The monoisotopic (exact) mass is 625 g/mol. The molecular formula is C34H51N5O6. The van der Waals surface area contributed by atoms with Gasteiger partial charge < -0.3 is 27.0 Å². The molecule has 4 amide bonds. The normalized spacial score (nSPS) is 18.0. The highest BCUT2D eigenvalue weighted by Crippen LogP contribution is 2.29. The molecule has 6 N–H and O–H groups in total. The smallest absolute Gasteiger partial charge is 0.288 e. The number of ketones is 2. The van der Waals surface area contributed by atoms with E-state index in [-0.39, 0.29) is 42.4 Å². The molecule has 1 aromatic rings. The zero-order valence-electron chi connectivity index (χ0n) is 26.9. The van der Waals surface area contributed by atoms with Crippen LogP contribution in [0, 0.1) is 23.7 Å². The first-order valence-corrected chi connectivity index (χ1v) is 16.5. The first kappa shape index (κ1) is 35.9. The minimum atomic E-state index is -1.01. The van der Waals surface area contributed by atoms with Crippen LogP contribution in [0.25, 0.3) is 0 Å². The van der Waals surface area contributed by atoms with Crippen molar-refractivity contribution in [1.29, 1.82) is 0 Å². The zero-order valence-corrected chi connectivity index (χ0v) is 26.9. The summed E-state index contributed by atoms with van der Waals surface area (Å²) in [5, 5.41) is 5.52. The molecular weight excluding hydrogens is 574 g/mol. The van der Waals surface area contributed by atoms with Crippen LogP contribution < -0.4 is 22.1 Å². The lowest BCUT2D eigenvalue weighted by atomic mass is 9.81. The number of likely N-dealkylation sites (tertiary alicyclic amines) is 1. The quantitative estimate of drug-likeness (QED) is 0.161. The average molecular weight is 626 g/mol. The van der Waals surface area contributed by atoms with Crippen LogP contribution in [0.2, 0.25) is 0 Å². The molecule has 0 bridgehead atoms. The standard InChI is InChI=1S/C34H51N5O6/c1-3-22(2)27(18-29(40)28(17-23-8-5-4-6-9-23)38-33(44)30(41)19-31(36)42)32(43)37-21-25-10-7-11-26(16-25)34(45)39-14-12-24(20-35)13-15-39/h7,10-11,16,22-24,27-28H,3-6,8-9,12-15,17-21,35H2,1-2H3,(H2,36,42)(H,37,43)(H,38,44)/t22?,27?,28-/m0/s1. The molecule has 1 saturated heterocycles. The van der Waals surface area contributed by atoms with Crippen LogP contribution in [-0.4, -0.2) is 65.8 Å². The van der Waals surface area contributed by atoms with Crippen molar-refractivity contribution in [2.24, 2.45) is 35.1 Å². The summed E-state index contributed by atoms with van der Waals surface area (Å²) in [4.78, 5) is 78.1. The lowest BCUT2D eigenvalue weighted by Gasteiger charge is -2.31. The van der Waals surface area contributed by atoms with Crippen molar-refractivity contribution < 1.29 is 28.8 Å². The predicted molar refractivity (Wildman–Crippen MR) is 170 cm³/mol. The maximum Gasteiger partial charge on any atom is 0.288 e. The van der Waals surface area contributed by atoms with E-state index in [2.05, 4.69) is 10.6 Å². The molecule has 11 nitrogen and oxygen atoms in total. The van der Waals surface area contributed by atoms with Gasteiger partial charge in [0.15, 0.2) is 5.78 Å². The molecule has 2 unspecified atom stereocenters. The van der Waals surface area contributed by atoms with Crippen molar-refractivity contribution in [2.75, 3.05) is 19.6 Å². The van der Waals surface area contributed by atoms with E-state index in [0.29, 0.717) is 44.0 Å². The molecule has 0 aromatic heterocycles. The highest BCUT2D eigenvalue weighted by atomic mass is 16.2. The molecule has 0 radical (unpaired) electrons. The number of primary amides is 1. The number of rotatable bonds is 16. The molecule has 248 valence electrons. The van der Waals surface area contributed by atoms with Crippen molar-refractivity contribution in [2.45, 2.75) is 97.1 Å². The highest BCUT2D eigenvalue weighted by Gasteiger charge is 2.33. The number of benzene rings is 1. The van der Waals surface area contributed by atoms with Gasteiger partial charge in [0.05, 0.1) is 12.5 Å². The second kappa shape index (κ2) is 17.8. The Morgan fingerprint density at radius 3 is 2.29 bits per heavy atom. The number of hydrogen-bond donors (Lipinski definition) is 4. The Morgan fingerprint density at radius 1 is 0.978 bits per heavy atom. The van der Waals surface area contributed by atoms with E-state index in [9.17, 15) is 28.8 Å². The van der Waals surface area contributed by atoms with E-state index in [0.717, 1.165) is 50.5 Å². The Labute approximate surface area is 266 Å². The highest BCUT2D eigenvalue weighted by molar-refractivity contribution is 6.39. The molecule has 11 heteroatoms. The van der Waals surface area contributed by atoms with Crippen molar-refractivity contribution in [1.82, 2.24) is 15.5 Å². The predicted octanol–water partition coefficient (Wildman–Crippen LogP) is 2.63. The topological polar surface area (TPSA) is 182 Å². The Hall–Kier alpha value is -3.60. The Bertz CT molecular complexity index is 1210. The number of amides is 4. The number of hydrogen-bond acceptors (Lipinski definition) is 7. The second-order valence-electron chi connectivity index (χ2n) is 12.9. The average Bonchev–Trinajstić information content (AvgIpc) is 3.05. The molecule has 2 aliphatic rings. The summed E-state index contributed by atoms with van der Waals surface area (Å²) < 4.78 is 0. The fourth-order valence-electron chi connectivity index (χ4n) is 6.39. The number of nitrogens with one attached hydrogen (secondary N) is 2. The van der Waals surface area contributed by atoms with Crippen LogP contribution in [0.4, 0.5) is 0 Å². The van der Waals surface area contributed by atoms with Gasteiger partial charge in [-0.25, -0.2) is 0 Å². The van der Waals surface area contributed by atoms with Gasteiger partial charge in [-0.2, -0.15) is 0 Å². The lowest BCUT2D eigenvalue weighted by Crippen LogP contribution is -2.47. The van der Waals surface area contributed by atoms with Gasteiger partial charge in [-0.05, 0) is 61.3 Å². The van der Waals surface area contributed by atoms with Crippen LogP contribution in [0.3, 0.4) is 0 Å². The molecule has 3 atom stereocenters. The largest absolute Gasteiger partial charge is 0.369 e. The summed E-state index contributed by atoms with van der Waals surface area (Å²) in [6.07, 6.45) is 7.06. The van der Waals surface area contributed by atoms with Gasteiger partial charge in [0, 0.05) is 37.5 Å². The molecule has 3 rings (SSSR count). The Kier molecular flexibility index (Phi) is 14.2. The van der Waals surface area contributed by atoms with Crippen molar-refractivity contribution in [3.05, 3.63) is 35.4 Å². The van der Waals surface area contributed by atoms with Gasteiger partial charge in [0.1, 0.15) is 0 Å². The van der Waals surface area contributed by atoms with E-state index in [1.54, 1.807) is 18.2 Å². The maximum absolute atomic E-state index is 13.7. The number of carbonyl (C=O) groups excluding carboxylic acids is 6. The summed E-state index contributed by atoms with van der Waals surface area (Å²) in [7, 11) is 0. The fourth-order valence-corrected chi connectivity index (χ4v) is 6.39. The van der Waals surface area contributed by atoms with Gasteiger partial charge >= 0.3 is 0 Å². The number of carbonyl (C=O) groups is 6. The van der Waals surface area contributed by atoms with Crippen LogP contribution in [0.15, 0.2) is 24.3 Å². The minimum Gasteiger partial charge on any atom is -0.369 e. The van der Waals surface area contributed by atoms with Gasteiger partial charge in [0.2, 0.25) is 17.6 Å². The van der Waals surface area contributed by atoms with Gasteiger partial charge in [-0.15, -0.1) is 0 Å². The van der Waals surface area contributed by atoms with E-state index in [4.69, 9.17) is 11.5 Å². The van der Waals surface area contributed by atoms with Gasteiger partial charge in [-0.3, -0.25) is 28.8 Å². The van der Waals surface area contributed by atoms with E-state index in [1.165, 1.54) is 0 Å². The van der Waals surface area contributed by atoms with E-state index < -0.39 is 36.0 Å². The van der Waals surface area contributed by atoms with Crippen LogP contribution in [0.1, 0.15) is 100 Å². The Balaban J connectivity index is 1.66. The summed E-state index contributed by atoms with van der Waals surface area (Å²) in [5.41, 5.74) is 12.2. The third-order valence-electron chi connectivity index (χ3n) is 9.54. The number of nitrogens with zero attached hydrogens (tertiary/aromatic N) is 1. The van der Waals surface area contributed by atoms with Crippen molar-refractivity contribution in [3.63, 3.8) is 0 Å². The maximum atomic E-state index is 13.7. The third kappa shape index (κ3) is 11.1. The van der Waals surface area contributed by atoms with E-state index >= 15 is 0 Å². The molecule has 1 aliphatic carbocycles. The third-order valence-corrected chi connectivity index (χ3v) is 9.54. The molecule has 2 fully saturated rings. The molecule has 1 aliphatic heterocycles. The molecule has 1 saturated carbocycles. The summed E-state index contributed by atoms with van der Waals surface area (Å²) in [6, 6.07) is 6.28. The number of piperidine rings is 1. The van der Waals surface area contributed by atoms with E-state index in [1.807, 2.05) is 24.8 Å². The molecule has 1 heterocycles. The van der Waals surface area contributed by atoms with Crippen molar-refractivity contribution >= 4 is 35.2 Å². The number of nitrogens with two attached hydrogens (primary N) is 2.